The molecule has 0 unspecified atom stereocenters. The molecule has 0 heterocycles. The molecule has 0 saturated carbocycles. The first-order valence-electron chi connectivity index (χ1n) is 0. The zero-order valence-electron chi connectivity index (χ0n) is 0.500. The van der Waals surface area contributed by atoms with Crippen molar-refractivity contribution in [1.82, 2.24) is 0 Å². The Morgan fingerprint density at radius 3 is 0.0435 bits per heavy atom. The van der Waals surface area contributed by atoms with E-state index in [1.54, 1.807) is 0 Å². The van der Waals surface area contributed by atoms with Gasteiger partial charge in [-0.25, -0.2) is 0 Å². The first kappa shape index (κ1) is 364. The molecule has 1 nitrogen and oxygen atoms in total. The summed E-state index contributed by atoms with van der Waals surface area (Å²) in [5.41, 5.74) is 0. The molecule has 0 atom stereocenters. The Morgan fingerprint density at radius 2 is 0.0435 bits per heavy atom. The van der Waals surface area contributed by atoms with E-state index in [-0.39, 0.29) is 1340 Å². The molecule has 0 spiro atoms. The van der Waals surface area contributed by atoms with Crippen molar-refractivity contribution in [3.8, 4) is 0 Å². The van der Waals surface area contributed by atoms with Gasteiger partial charge in [-0.2, -0.15) is 0 Å². The SMILES string of the molecule is O.[NaH].[NaH].[NaH].[NaH].[NaH].[NaH].[NaH].[NaH].[NaH].[NaH].[NaH].[NaH].[NaH].[NaH].[NaH].[NaH].[NaH].[NaH].[NaH].[NaH].[NaH].[NaH].[NaH].[NaH].[NaH].[NaH].[NaH].[NaH].[NaH].[NaH].[NaH].[NaH].[NaH].[NaH].[NaH].[NaH].[NaH].[NaH].[NaH].[NaH].[NaH].[NaH].[NaH].[NaH].[NaH]. The molecule has 98 valence electrons. The van der Waals surface area contributed by atoms with Crippen LogP contribution in [-0.4, -0.2) is 1340 Å². The van der Waals surface area contributed by atoms with Gasteiger partial charge in [0, 0.05) is 0 Å². The van der Waals surface area contributed by atoms with Crippen molar-refractivity contribution < 1.29 is 5.48 Å². The molecule has 0 amide bonds. The summed E-state index contributed by atoms with van der Waals surface area (Å²) < 4.78 is 0. The Balaban J connectivity index is 0. The molecule has 0 radical (unpaired) electrons. The summed E-state index contributed by atoms with van der Waals surface area (Å²) in [6, 6.07) is 0. The minimum absolute atomic E-state index is 0. The maximum atomic E-state index is 0. The van der Waals surface area contributed by atoms with Crippen molar-refractivity contribution in [2.75, 3.05) is 0 Å². The van der Waals surface area contributed by atoms with E-state index in [9.17, 15) is 0 Å². The normalized spacial score (nSPS) is 0. The summed E-state index contributed by atoms with van der Waals surface area (Å²) in [6.45, 7) is 0. The Hall–Kier alpha value is 45.0. The third-order valence-corrected chi connectivity index (χ3v) is 0. The fraction of sp³-hybridized carbons (Fsp3) is 0. The Morgan fingerprint density at radius 1 is 0.0435 bits per heavy atom. The Kier molecular flexibility index (Phi) is 2790. The molecule has 0 bridgehead atoms. The number of rotatable bonds is 0. The fourth-order valence-corrected chi connectivity index (χ4v) is 0. The Labute approximate surface area is 1290 Å². The molecule has 2 N–H and O–H groups in total. The van der Waals surface area contributed by atoms with Gasteiger partial charge in [0.05, 0.1) is 0 Å². The van der Waals surface area contributed by atoms with Gasteiger partial charge in [-0.15, -0.1) is 0 Å². The van der Waals surface area contributed by atoms with E-state index in [1.807, 2.05) is 0 Å². The van der Waals surface area contributed by atoms with Crippen LogP contribution >= 0.6 is 0 Å². The number of hydrogen-bond acceptors (Lipinski definition) is 0. The van der Waals surface area contributed by atoms with Crippen molar-refractivity contribution in [3.63, 3.8) is 0 Å². The van der Waals surface area contributed by atoms with Gasteiger partial charge in [-0.1, -0.05) is 0 Å². The van der Waals surface area contributed by atoms with Gasteiger partial charge in [0.25, 0.3) is 0 Å². The summed E-state index contributed by atoms with van der Waals surface area (Å²) >= 11 is 0. The summed E-state index contributed by atoms with van der Waals surface area (Å²) in [6.07, 6.45) is 0. The molecule has 0 aliphatic heterocycles. The zero-order chi connectivity index (χ0) is 0. The van der Waals surface area contributed by atoms with E-state index >= 15 is 0 Å². The second kappa shape index (κ2) is 352. The quantitative estimate of drug-likeness (QED) is 0.217. The summed E-state index contributed by atoms with van der Waals surface area (Å²) in [5, 5.41) is 0. The summed E-state index contributed by atoms with van der Waals surface area (Å²) in [7, 11) is 0. The zero-order valence-corrected chi connectivity index (χ0v) is 0.500. The molecular weight excluding hydrogens is 1050 g/mol. The molecular formula is H47Na45O. The van der Waals surface area contributed by atoms with Gasteiger partial charge in [-0.05, 0) is 0 Å². The standard InChI is InChI=1S/45Na.H2O.45H/h;;;;;;;;;;;;;;;;;;;;;;;;;;;;;;;;;;;;;;;;;;;;;1H2;;;;;;;;;;;;;;;;;;;;;;;;;;;;;;;;;;;;;;;;;;;;;. The monoisotopic (exact) mass is 1100 g/mol. The van der Waals surface area contributed by atoms with E-state index in [0.717, 1.165) is 0 Å². The molecule has 0 aromatic heterocycles. The van der Waals surface area contributed by atoms with Gasteiger partial charge in [0.1, 0.15) is 0 Å². The molecule has 46 heteroatoms. The predicted octanol–water partition coefficient (Wildman–Crippen LogP) is -30.0. The van der Waals surface area contributed by atoms with E-state index < -0.39 is 0 Å². The van der Waals surface area contributed by atoms with Crippen LogP contribution in [0.25, 0.3) is 0 Å². The fourth-order valence-electron chi connectivity index (χ4n) is 0. The third kappa shape index (κ3) is 340. The molecule has 0 aliphatic carbocycles. The van der Waals surface area contributed by atoms with E-state index in [0.29, 0.717) is 0 Å². The average molecular weight is 1100 g/mol. The van der Waals surface area contributed by atoms with E-state index in [2.05, 4.69) is 0 Å². The van der Waals surface area contributed by atoms with Crippen molar-refractivity contribution in [3.05, 3.63) is 0 Å². The molecule has 0 aliphatic rings. The molecule has 0 aromatic rings. The summed E-state index contributed by atoms with van der Waals surface area (Å²) in [4.78, 5) is 0. The maximum absolute atomic E-state index is 0. The number of hydrogen-bond donors (Lipinski definition) is 0. The van der Waals surface area contributed by atoms with Gasteiger partial charge in [-0.3, -0.25) is 0 Å². The van der Waals surface area contributed by atoms with Crippen LogP contribution in [0, 0.1) is 0 Å². The van der Waals surface area contributed by atoms with Crippen LogP contribution in [0.3, 0.4) is 0 Å². The van der Waals surface area contributed by atoms with Crippen LogP contribution in [0.4, 0.5) is 0 Å². The second-order valence-corrected chi connectivity index (χ2v) is 0. The summed E-state index contributed by atoms with van der Waals surface area (Å²) in [5.74, 6) is 0. The topological polar surface area (TPSA) is 31.5 Å². The van der Waals surface area contributed by atoms with Crippen LogP contribution < -0.4 is 0 Å². The molecule has 0 aromatic carbocycles. The first-order valence-corrected chi connectivity index (χ1v) is 0. The van der Waals surface area contributed by atoms with Crippen molar-refractivity contribution >= 4 is 1330 Å². The van der Waals surface area contributed by atoms with Gasteiger partial charge >= 0.3 is 1330 Å². The molecule has 0 saturated heterocycles. The van der Waals surface area contributed by atoms with Crippen LogP contribution in [0.5, 0.6) is 0 Å². The van der Waals surface area contributed by atoms with Gasteiger partial charge < -0.3 is 5.48 Å². The second-order valence-electron chi connectivity index (χ2n) is 0. The van der Waals surface area contributed by atoms with Crippen molar-refractivity contribution in [1.29, 1.82) is 0 Å². The van der Waals surface area contributed by atoms with Crippen LogP contribution in [0.2, 0.25) is 0 Å². The van der Waals surface area contributed by atoms with E-state index in [1.165, 1.54) is 0 Å². The van der Waals surface area contributed by atoms with Gasteiger partial charge in [0.15, 0.2) is 0 Å². The third-order valence-electron chi connectivity index (χ3n) is 0. The minimum atomic E-state index is 0. The van der Waals surface area contributed by atoms with E-state index in [4.69, 9.17) is 0 Å². The predicted molar refractivity (Wildman–Crippen MR) is 325 cm³/mol. The average Bonchev–Trinajstić information content (AvgIpc) is 0. The Bertz CT molecular complexity index is 6.95. The van der Waals surface area contributed by atoms with Crippen molar-refractivity contribution in [2.45, 2.75) is 0 Å². The van der Waals surface area contributed by atoms with Crippen LogP contribution in [-0.2, 0) is 0 Å². The van der Waals surface area contributed by atoms with Crippen LogP contribution in [0.1, 0.15) is 0 Å². The molecule has 46 heavy (non-hydrogen) atoms. The van der Waals surface area contributed by atoms with Gasteiger partial charge in [0.2, 0.25) is 0 Å². The van der Waals surface area contributed by atoms with Crippen molar-refractivity contribution in [2.24, 2.45) is 0 Å². The molecule has 0 rings (SSSR count). The molecule has 0 fully saturated rings. The van der Waals surface area contributed by atoms with Crippen LogP contribution in [0.15, 0.2) is 0 Å². The first-order chi connectivity index (χ1) is 0.